The number of allylic oxidation sites excluding steroid dienone is 3. The van der Waals surface area contributed by atoms with Crippen LogP contribution in [0.2, 0.25) is 6.04 Å². The zero-order valence-electron chi connectivity index (χ0n) is 32.6. The van der Waals surface area contributed by atoms with Crippen molar-refractivity contribution in [3.63, 3.8) is 0 Å². The largest absolute Gasteiger partial charge is 0.308 e. The molecule has 1 atom stereocenters. The minimum atomic E-state index is -2.94. The number of hydrogen-bond acceptors (Lipinski definition) is 0. The molecule has 2 nitrogen and oxygen atoms in total. The van der Waals surface area contributed by atoms with Crippen LogP contribution < -0.4 is 31.1 Å². The van der Waals surface area contributed by atoms with Gasteiger partial charge in [-0.25, -0.2) is 0 Å². The van der Waals surface area contributed by atoms with Crippen LogP contribution in [0.5, 0.6) is 0 Å². The fourth-order valence-electron chi connectivity index (χ4n) is 13.1. The highest BCUT2D eigenvalue weighted by molar-refractivity contribution is 7.28. The maximum Gasteiger partial charge on any atom is 0.178 e. The fourth-order valence-corrected chi connectivity index (χ4v) is 25.5. The van der Waals surface area contributed by atoms with E-state index in [1.807, 2.05) is 0 Å². The van der Waals surface area contributed by atoms with Gasteiger partial charge in [0.2, 0.25) is 0 Å². The van der Waals surface area contributed by atoms with Gasteiger partial charge in [0.1, 0.15) is 8.07 Å². The summed E-state index contributed by atoms with van der Waals surface area (Å²) >= 11 is 0. The molecule has 4 heteroatoms. The van der Waals surface area contributed by atoms with E-state index in [0.717, 1.165) is 6.04 Å². The molecule has 2 bridgehead atoms. The summed E-state index contributed by atoms with van der Waals surface area (Å²) in [6.07, 6.45) is 4.97. The number of para-hydroxylation sites is 4. The van der Waals surface area contributed by atoms with Gasteiger partial charge in [-0.05, 0) is 55.2 Å². The molecule has 2 aliphatic heterocycles. The Morgan fingerprint density at radius 3 is 1.54 bits per heavy atom. The van der Waals surface area contributed by atoms with Crippen LogP contribution in [0.4, 0.5) is 0 Å². The van der Waals surface area contributed by atoms with Crippen molar-refractivity contribution in [1.29, 1.82) is 0 Å². The van der Waals surface area contributed by atoms with Crippen molar-refractivity contribution < 1.29 is 0 Å². The van der Waals surface area contributed by atoms with Gasteiger partial charge in [-0.3, -0.25) is 0 Å². The minimum absolute atomic E-state index is 0.368. The first-order valence-electron chi connectivity index (χ1n) is 21.1. The molecule has 59 heavy (non-hydrogen) atoms. The fraction of sp³-hybridized carbons (Fsp3) is 0.0545. The number of fused-ring (bicyclic) bond motifs is 12. The third-order valence-corrected chi connectivity index (χ3v) is 25.7. The lowest BCUT2D eigenvalue weighted by Crippen LogP contribution is -2.87. The molecule has 1 unspecified atom stereocenters. The van der Waals surface area contributed by atoms with Gasteiger partial charge in [-0.2, -0.15) is 0 Å². The highest BCUT2D eigenvalue weighted by Gasteiger charge is 2.56. The molecule has 13 aromatic rings. The number of rotatable bonds is 2. The lowest BCUT2D eigenvalue weighted by molar-refractivity contribution is 0.818. The van der Waals surface area contributed by atoms with Crippen molar-refractivity contribution in [2.75, 3.05) is 0 Å². The Balaban J connectivity index is 1.08. The Labute approximate surface area is 341 Å². The maximum atomic E-state index is 5.16. The summed E-state index contributed by atoms with van der Waals surface area (Å²) in [5, 5.41) is 24.0. The molecule has 0 aliphatic carbocycles. The van der Waals surface area contributed by atoms with Crippen molar-refractivity contribution in [1.82, 2.24) is 8.80 Å². The maximum absolute atomic E-state index is 5.16. The summed E-state index contributed by atoms with van der Waals surface area (Å²) < 4.78 is 5.10. The Kier molecular flexibility index (Phi) is 5.45. The molecule has 274 valence electrons. The SMILES string of the molecule is C=C1/C=C\C(C)C[Si]2(c3ccc4c(c3)c3cccc5c6ccccc6n4c53)c3ccccc3[Si]1(c1cc3c4cccc5c6cccc7c(c1)c3n(c54)c67)c1ccccc12. The van der Waals surface area contributed by atoms with Gasteiger partial charge in [-0.15, -0.1) is 0 Å². The van der Waals surface area contributed by atoms with Crippen LogP contribution in [0.3, 0.4) is 0 Å². The first-order valence-corrected chi connectivity index (χ1v) is 25.3. The zero-order valence-corrected chi connectivity index (χ0v) is 34.6. The zero-order chi connectivity index (χ0) is 38.5. The highest BCUT2D eigenvalue weighted by atomic mass is 28.3. The van der Waals surface area contributed by atoms with E-state index in [9.17, 15) is 0 Å². The van der Waals surface area contributed by atoms with E-state index in [1.54, 1.807) is 10.4 Å². The molecule has 0 N–H and O–H groups in total. The van der Waals surface area contributed by atoms with Gasteiger partial charge in [0.25, 0.3) is 0 Å². The van der Waals surface area contributed by atoms with Crippen LogP contribution in [0, 0.1) is 5.92 Å². The topological polar surface area (TPSA) is 8.82 Å². The molecule has 5 aromatic heterocycles. The predicted molar refractivity (Wildman–Crippen MR) is 257 cm³/mol. The lowest BCUT2D eigenvalue weighted by atomic mass is 10.1. The highest BCUT2D eigenvalue weighted by Crippen LogP contribution is 2.47. The van der Waals surface area contributed by atoms with Crippen molar-refractivity contribution >= 4 is 134 Å². The van der Waals surface area contributed by atoms with Crippen LogP contribution in [-0.2, 0) is 0 Å². The Bertz CT molecular complexity index is 3850. The summed E-state index contributed by atoms with van der Waals surface area (Å²) in [5.74, 6) is 0.368. The van der Waals surface area contributed by atoms with E-state index >= 15 is 0 Å². The molecule has 0 saturated carbocycles. The molecule has 0 fully saturated rings. The van der Waals surface area contributed by atoms with Crippen LogP contribution in [0.25, 0.3) is 87.0 Å². The number of nitrogens with zero attached hydrogens (tertiary/aromatic N) is 2. The summed E-state index contributed by atoms with van der Waals surface area (Å²) in [5.41, 5.74) is 8.02. The van der Waals surface area contributed by atoms with Gasteiger partial charge < -0.3 is 8.80 Å². The van der Waals surface area contributed by atoms with Crippen LogP contribution >= 0.6 is 0 Å². The molecule has 7 heterocycles. The molecule has 0 radical (unpaired) electrons. The second-order valence-corrected chi connectivity index (χ2v) is 25.4. The van der Waals surface area contributed by atoms with Crippen LogP contribution in [0.15, 0.2) is 182 Å². The Morgan fingerprint density at radius 1 is 0.441 bits per heavy atom. The molecule has 0 amide bonds. The Morgan fingerprint density at radius 2 is 0.898 bits per heavy atom. The molecule has 15 rings (SSSR count). The van der Waals surface area contributed by atoms with Gasteiger partial charge in [0.15, 0.2) is 8.07 Å². The minimum Gasteiger partial charge on any atom is -0.308 e. The Hall–Kier alpha value is -6.73. The molecule has 0 saturated heterocycles. The van der Waals surface area contributed by atoms with Crippen molar-refractivity contribution in [3.05, 3.63) is 182 Å². The summed E-state index contributed by atoms with van der Waals surface area (Å²) in [4.78, 5) is 0. The average molecular weight is 781 g/mol. The molecular formula is C55H36N2Si2. The van der Waals surface area contributed by atoms with Crippen LogP contribution in [0.1, 0.15) is 6.92 Å². The van der Waals surface area contributed by atoms with E-state index in [1.165, 1.54) is 113 Å². The quantitative estimate of drug-likeness (QED) is 0.155. The third kappa shape index (κ3) is 3.33. The molecule has 8 aromatic carbocycles. The predicted octanol–water partition coefficient (Wildman–Crippen LogP) is 9.57. The molecule has 0 spiro atoms. The van der Waals surface area contributed by atoms with E-state index in [2.05, 4.69) is 186 Å². The molecule has 2 aliphatic rings. The monoisotopic (exact) mass is 780 g/mol. The number of benzene rings is 8. The van der Waals surface area contributed by atoms with Gasteiger partial charge in [-0.1, -0.05) is 176 Å². The van der Waals surface area contributed by atoms with Gasteiger partial charge in [0.05, 0.1) is 33.1 Å². The summed E-state index contributed by atoms with van der Waals surface area (Å²) in [7, 11) is -5.61. The van der Waals surface area contributed by atoms with E-state index in [4.69, 9.17) is 6.58 Å². The van der Waals surface area contributed by atoms with Crippen molar-refractivity contribution in [2.45, 2.75) is 13.0 Å². The number of aromatic nitrogens is 2. The standard InChI is InChI=1S/C55H36N2Si2/c1-32-24-25-33(2)59(35-29-44-41-17-10-14-38-39-15-11-18-42-45(30-35)55(44)57(53(38)41)54(39)42)50-22-7-5-20-48(50)58(31-32,49-21-6-8-23-51(49)59)34-26-27-47-43(28-34)40-16-9-13-37-36-12-3-4-19-46(36)56(47)52(37)40/h3-30,32H,2,31H2,1H3/b25-24-. The molecular weight excluding hydrogens is 745 g/mol. The summed E-state index contributed by atoms with van der Waals surface area (Å²) in [6.45, 7) is 7.61. The average Bonchev–Trinajstić information content (AvgIpc) is 4.08. The smallest absolute Gasteiger partial charge is 0.178 e. The van der Waals surface area contributed by atoms with Crippen LogP contribution in [-0.4, -0.2) is 24.9 Å². The third-order valence-electron chi connectivity index (χ3n) is 15.2. The first kappa shape index (κ1) is 31.3. The van der Waals surface area contributed by atoms with E-state index in [0.29, 0.717) is 5.92 Å². The lowest BCUT2D eigenvalue weighted by Gasteiger charge is -2.48. The number of hydrogen-bond donors (Lipinski definition) is 0. The van der Waals surface area contributed by atoms with Crippen molar-refractivity contribution in [3.8, 4) is 0 Å². The second kappa shape index (κ2) is 10.3. The van der Waals surface area contributed by atoms with E-state index < -0.39 is 16.1 Å². The normalized spacial score (nSPS) is 21.4. The summed E-state index contributed by atoms with van der Waals surface area (Å²) in [6, 6.07) is 63.1. The van der Waals surface area contributed by atoms with Gasteiger partial charge >= 0.3 is 0 Å². The second-order valence-electron chi connectivity index (χ2n) is 17.8. The van der Waals surface area contributed by atoms with E-state index in [-0.39, 0.29) is 0 Å². The van der Waals surface area contributed by atoms with Crippen molar-refractivity contribution in [2.24, 2.45) is 5.92 Å². The first-order chi connectivity index (χ1) is 29.1. The van der Waals surface area contributed by atoms with Gasteiger partial charge in [0, 0.05) is 53.9 Å².